The van der Waals surface area contributed by atoms with Gasteiger partial charge in [0.25, 0.3) is 0 Å². The van der Waals surface area contributed by atoms with Gasteiger partial charge in [-0.1, -0.05) is 0 Å². The molecule has 1 aromatic carbocycles. The first kappa shape index (κ1) is 9.15. The number of hydrogen-bond acceptors (Lipinski definition) is 4. The summed E-state index contributed by atoms with van der Waals surface area (Å²) in [6, 6.07) is 5.65. The largest absolute Gasteiger partial charge is 0.399 e. The van der Waals surface area contributed by atoms with Gasteiger partial charge in [0, 0.05) is 31.9 Å². The molecule has 0 saturated carbocycles. The van der Waals surface area contributed by atoms with Gasteiger partial charge in [-0.25, -0.2) is 0 Å². The van der Waals surface area contributed by atoms with Crippen molar-refractivity contribution >= 4 is 17.1 Å². The van der Waals surface area contributed by atoms with E-state index in [1.165, 1.54) is 0 Å². The molecule has 1 fully saturated rings. The van der Waals surface area contributed by atoms with Crippen LogP contribution in [-0.4, -0.2) is 26.2 Å². The Labute approximate surface area is 83.9 Å². The number of anilines is 3. The highest BCUT2D eigenvalue weighted by atomic mass is 15.2. The van der Waals surface area contributed by atoms with Crippen molar-refractivity contribution in [3.63, 3.8) is 0 Å². The van der Waals surface area contributed by atoms with Gasteiger partial charge in [-0.2, -0.15) is 0 Å². The third-order valence-corrected chi connectivity index (χ3v) is 2.51. The molecule has 0 amide bonds. The second kappa shape index (κ2) is 3.75. The topological polar surface area (TPSA) is 67.3 Å². The number of nitrogens with one attached hydrogen (secondary N) is 1. The maximum absolute atomic E-state index is 5.90. The Morgan fingerprint density at radius 3 is 2.57 bits per heavy atom. The van der Waals surface area contributed by atoms with Crippen LogP contribution in [0.5, 0.6) is 0 Å². The molecule has 0 radical (unpaired) electrons. The van der Waals surface area contributed by atoms with Crippen molar-refractivity contribution in [2.75, 3.05) is 42.5 Å². The van der Waals surface area contributed by atoms with Crippen LogP contribution < -0.4 is 21.7 Å². The molecule has 1 aliphatic heterocycles. The Kier molecular flexibility index (Phi) is 2.45. The zero-order chi connectivity index (χ0) is 9.97. The van der Waals surface area contributed by atoms with E-state index >= 15 is 0 Å². The van der Waals surface area contributed by atoms with Crippen molar-refractivity contribution in [2.24, 2.45) is 0 Å². The summed E-state index contributed by atoms with van der Waals surface area (Å²) in [7, 11) is 0. The van der Waals surface area contributed by atoms with E-state index in [1.54, 1.807) is 0 Å². The zero-order valence-corrected chi connectivity index (χ0v) is 8.16. The maximum Gasteiger partial charge on any atom is 0.0621 e. The van der Waals surface area contributed by atoms with E-state index in [0.29, 0.717) is 0 Å². The van der Waals surface area contributed by atoms with Crippen molar-refractivity contribution in [1.29, 1.82) is 0 Å². The summed E-state index contributed by atoms with van der Waals surface area (Å²) in [6.45, 7) is 4.00. The summed E-state index contributed by atoms with van der Waals surface area (Å²) in [5.41, 5.74) is 14.3. The van der Waals surface area contributed by atoms with Crippen LogP contribution >= 0.6 is 0 Å². The van der Waals surface area contributed by atoms with Gasteiger partial charge < -0.3 is 21.7 Å². The van der Waals surface area contributed by atoms with Gasteiger partial charge in [-0.15, -0.1) is 0 Å². The smallest absolute Gasteiger partial charge is 0.0621 e. The average molecular weight is 192 g/mol. The Morgan fingerprint density at radius 2 is 1.86 bits per heavy atom. The fourth-order valence-electron chi connectivity index (χ4n) is 1.74. The number of rotatable bonds is 1. The van der Waals surface area contributed by atoms with E-state index in [-0.39, 0.29) is 0 Å². The normalized spacial score (nSPS) is 17.0. The lowest BCUT2D eigenvalue weighted by Crippen LogP contribution is -2.43. The van der Waals surface area contributed by atoms with Crippen LogP contribution in [0.3, 0.4) is 0 Å². The monoisotopic (exact) mass is 192 g/mol. The zero-order valence-electron chi connectivity index (χ0n) is 8.16. The average Bonchev–Trinajstić information content (AvgIpc) is 2.23. The van der Waals surface area contributed by atoms with E-state index in [2.05, 4.69) is 10.2 Å². The van der Waals surface area contributed by atoms with E-state index in [4.69, 9.17) is 11.5 Å². The highest BCUT2D eigenvalue weighted by molar-refractivity contribution is 5.72. The van der Waals surface area contributed by atoms with Crippen LogP contribution in [0, 0.1) is 0 Å². The van der Waals surface area contributed by atoms with E-state index in [1.807, 2.05) is 18.2 Å². The summed E-state index contributed by atoms with van der Waals surface area (Å²) in [6.07, 6.45) is 0. The molecule has 1 aliphatic rings. The van der Waals surface area contributed by atoms with Crippen molar-refractivity contribution < 1.29 is 0 Å². The minimum absolute atomic E-state index is 0.771. The molecule has 0 spiro atoms. The summed E-state index contributed by atoms with van der Waals surface area (Å²) in [5, 5.41) is 3.30. The first-order chi connectivity index (χ1) is 6.77. The van der Waals surface area contributed by atoms with Crippen LogP contribution in [-0.2, 0) is 0 Å². The fourth-order valence-corrected chi connectivity index (χ4v) is 1.74. The van der Waals surface area contributed by atoms with Crippen molar-refractivity contribution in [3.8, 4) is 0 Å². The summed E-state index contributed by atoms with van der Waals surface area (Å²) in [5.74, 6) is 0. The first-order valence-corrected chi connectivity index (χ1v) is 4.88. The molecule has 2 rings (SSSR count). The number of nitrogen functional groups attached to an aromatic ring is 2. The summed E-state index contributed by atoms with van der Waals surface area (Å²) >= 11 is 0. The predicted octanol–water partition coefficient (Wildman–Crippen LogP) is 0.261. The van der Waals surface area contributed by atoms with Crippen LogP contribution in [0.1, 0.15) is 0 Å². The third kappa shape index (κ3) is 1.75. The molecule has 1 heterocycles. The van der Waals surface area contributed by atoms with E-state index < -0.39 is 0 Å². The lowest BCUT2D eigenvalue weighted by atomic mass is 10.2. The molecule has 4 nitrogen and oxygen atoms in total. The predicted molar refractivity (Wildman–Crippen MR) is 60.3 cm³/mol. The molecule has 0 atom stereocenters. The van der Waals surface area contributed by atoms with Gasteiger partial charge in [0.15, 0.2) is 0 Å². The van der Waals surface area contributed by atoms with Crippen LogP contribution in [0.2, 0.25) is 0 Å². The second-order valence-corrected chi connectivity index (χ2v) is 3.56. The minimum atomic E-state index is 0.771. The van der Waals surface area contributed by atoms with Crippen LogP contribution in [0.4, 0.5) is 17.1 Å². The lowest BCUT2D eigenvalue weighted by Gasteiger charge is -2.30. The number of benzene rings is 1. The minimum Gasteiger partial charge on any atom is -0.399 e. The fraction of sp³-hybridized carbons (Fsp3) is 0.400. The third-order valence-electron chi connectivity index (χ3n) is 2.51. The van der Waals surface area contributed by atoms with Gasteiger partial charge in [0.2, 0.25) is 0 Å². The Balaban J connectivity index is 2.24. The molecule has 0 unspecified atom stereocenters. The summed E-state index contributed by atoms with van der Waals surface area (Å²) < 4.78 is 0. The molecule has 0 aliphatic carbocycles. The number of nitrogens with two attached hydrogens (primary N) is 2. The Hall–Kier alpha value is -1.42. The van der Waals surface area contributed by atoms with Gasteiger partial charge in [0.05, 0.1) is 11.4 Å². The highest BCUT2D eigenvalue weighted by Crippen LogP contribution is 2.25. The van der Waals surface area contributed by atoms with Crippen LogP contribution in [0.15, 0.2) is 18.2 Å². The molecular formula is C10H16N4. The molecule has 0 bridgehead atoms. The number of hydrogen-bond donors (Lipinski definition) is 3. The van der Waals surface area contributed by atoms with Crippen molar-refractivity contribution in [3.05, 3.63) is 18.2 Å². The molecule has 4 heteroatoms. The maximum atomic E-state index is 5.90. The summed E-state index contributed by atoms with van der Waals surface area (Å²) in [4.78, 5) is 2.27. The quantitative estimate of drug-likeness (QED) is 0.558. The second-order valence-electron chi connectivity index (χ2n) is 3.56. The van der Waals surface area contributed by atoms with Gasteiger partial charge in [0.1, 0.15) is 0 Å². The Bertz CT molecular complexity index is 318. The SMILES string of the molecule is Nc1ccc(N)c(N2CCNCC2)c1. The Morgan fingerprint density at radius 1 is 1.14 bits per heavy atom. The molecule has 14 heavy (non-hydrogen) atoms. The molecule has 1 aromatic rings. The molecular weight excluding hydrogens is 176 g/mol. The van der Waals surface area contributed by atoms with Crippen LogP contribution in [0.25, 0.3) is 0 Å². The van der Waals surface area contributed by atoms with E-state index in [0.717, 1.165) is 43.2 Å². The standard InChI is InChI=1S/C10H16N4/c11-8-1-2-9(12)10(7-8)14-5-3-13-4-6-14/h1-2,7,13H,3-6,11-12H2. The van der Waals surface area contributed by atoms with Crippen molar-refractivity contribution in [2.45, 2.75) is 0 Å². The molecule has 5 N–H and O–H groups in total. The molecule has 76 valence electrons. The van der Waals surface area contributed by atoms with E-state index in [9.17, 15) is 0 Å². The molecule has 1 saturated heterocycles. The molecule has 0 aromatic heterocycles. The first-order valence-electron chi connectivity index (χ1n) is 4.88. The highest BCUT2D eigenvalue weighted by Gasteiger charge is 2.12. The van der Waals surface area contributed by atoms with Gasteiger partial charge in [-0.3, -0.25) is 0 Å². The number of piperazine rings is 1. The number of nitrogens with zero attached hydrogens (tertiary/aromatic N) is 1. The van der Waals surface area contributed by atoms with Gasteiger partial charge >= 0.3 is 0 Å². The van der Waals surface area contributed by atoms with Crippen molar-refractivity contribution in [1.82, 2.24) is 5.32 Å². The van der Waals surface area contributed by atoms with Gasteiger partial charge in [-0.05, 0) is 18.2 Å². The lowest BCUT2D eigenvalue weighted by molar-refractivity contribution is 0.590.